The van der Waals surface area contributed by atoms with Crippen LogP contribution in [0.2, 0.25) is 0 Å². The Balaban J connectivity index is 1.75. The number of benzene rings is 1. The van der Waals surface area contributed by atoms with Crippen molar-refractivity contribution in [1.29, 1.82) is 0 Å². The Kier molecular flexibility index (Phi) is 6.08. The molecule has 1 aromatic rings. The molecule has 0 aliphatic carbocycles. The van der Waals surface area contributed by atoms with E-state index in [1.54, 1.807) is 6.07 Å². The zero-order valence-electron chi connectivity index (χ0n) is 15.1. The molecule has 1 aromatic carbocycles. The number of amides is 1. The van der Waals surface area contributed by atoms with Crippen molar-refractivity contribution in [2.75, 3.05) is 26.3 Å². The van der Waals surface area contributed by atoms with Crippen molar-refractivity contribution < 1.29 is 27.4 Å². The second-order valence-electron chi connectivity index (χ2n) is 7.25. The van der Waals surface area contributed by atoms with E-state index in [1.807, 2.05) is 0 Å². The molecule has 27 heavy (non-hydrogen) atoms. The summed E-state index contributed by atoms with van der Waals surface area (Å²) in [6, 6.07) is 5.37. The van der Waals surface area contributed by atoms with Gasteiger partial charge in [0.15, 0.2) is 0 Å². The van der Waals surface area contributed by atoms with Crippen LogP contribution in [-0.4, -0.2) is 44.4 Å². The molecule has 0 saturated carbocycles. The Hall–Kier alpha value is -1.64. The highest BCUT2D eigenvalue weighted by Crippen LogP contribution is 2.38. The lowest BCUT2D eigenvalue weighted by atomic mass is 9.73. The molecule has 3 rings (SSSR count). The van der Waals surface area contributed by atoms with Crippen LogP contribution in [0.1, 0.15) is 36.8 Å². The third-order valence-corrected chi connectivity index (χ3v) is 5.52. The summed E-state index contributed by atoms with van der Waals surface area (Å²) in [6.45, 7) is 1.52. The fourth-order valence-corrected chi connectivity index (χ4v) is 3.80. The minimum Gasteiger partial charge on any atom is -0.381 e. The molecule has 0 spiro atoms. The average Bonchev–Trinajstić information content (AvgIpc) is 3.16. The lowest BCUT2D eigenvalue weighted by Crippen LogP contribution is -2.47. The molecule has 3 N–H and O–H groups in total. The number of carbonyl (C=O) groups is 1. The van der Waals surface area contributed by atoms with Crippen molar-refractivity contribution in [2.24, 2.45) is 5.73 Å². The molecule has 0 radical (unpaired) electrons. The Labute approximate surface area is 156 Å². The standard InChI is InChI=1S/C19H25F3N2O3/c20-19(21,22)14-3-1-2-13(10-14)18(6-8-26-9-7-18)12-24-17(25)16-5-4-15(11-23)27-16/h1-3,10,15-16H,4-9,11-12,23H2,(H,24,25)/t15-,16+/m1/s1. The van der Waals surface area contributed by atoms with Gasteiger partial charge in [-0.2, -0.15) is 13.2 Å². The molecular formula is C19H25F3N2O3. The zero-order chi connectivity index (χ0) is 19.5. The number of hydrogen-bond acceptors (Lipinski definition) is 4. The Morgan fingerprint density at radius 2 is 2.00 bits per heavy atom. The van der Waals surface area contributed by atoms with E-state index in [0.717, 1.165) is 12.5 Å². The number of alkyl halides is 3. The monoisotopic (exact) mass is 386 g/mol. The molecule has 1 amide bonds. The van der Waals surface area contributed by atoms with E-state index in [0.29, 0.717) is 44.6 Å². The van der Waals surface area contributed by atoms with E-state index in [1.165, 1.54) is 12.1 Å². The summed E-state index contributed by atoms with van der Waals surface area (Å²) in [6.07, 6.45) is -2.62. The van der Waals surface area contributed by atoms with E-state index in [9.17, 15) is 18.0 Å². The van der Waals surface area contributed by atoms with Crippen molar-refractivity contribution in [3.63, 3.8) is 0 Å². The first-order chi connectivity index (χ1) is 12.8. The minimum atomic E-state index is -4.40. The summed E-state index contributed by atoms with van der Waals surface area (Å²) in [4.78, 5) is 12.5. The topological polar surface area (TPSA) is 73.6 Å². The first-order valence-corrected chi connectivity index (χ1v) is 9.23. The van der Waals surface area contributed by atoms with Crippen LogP contribution in [0.5, 0.6) is 0 Å². The maximum Gasteiger partial charge on any atom is 0.416 e. The normalized spacial score (nSPS) is 25.3. The second kappa shape index (κ2) is 8.16. The molecule has 0 bridgehead atoms. The Morgan fingerprint density at radius 1 is 1.26 bits per heavy atom. The van der Waals surface area contributed by atoms with Crippen molar-refractivity contribution in [3.8, 4) is 0 Å². The predicted octanol–water partition coefficient (Wildman–Crippen LogP) is 2.38. The molecule has 2 aliphatic heterocycles. The third-order valence-electron chi connectivity index (χ3n) is 5.52. The zero-order valence-corrected chi connectivity index (χ0v) is 15.1. The van der Waals surface area contributed by atoms with Crippen LogP contribution >= 0.6 is 0 Å². The minimum absolute atomic E-state index is 0.110. The van der Waals surface area contributed by atoms with Gasteiger partial charge in [-0.15, -0.1) is 0 Å². The lowest BCUT2D eigenvalue weighted by Gasteiger charge is -2.38. The highest BCUT2D eigenvalue weighted by atomic mass is 19.4. The summed E-state index contributed by atoms with van der Waals surface area (Å²) in [7, 11) is 0. The van der Waals surface area contributed by atoms with E-state index < -0.39 is 23.3 Å². The quantitative estimate of drug-likeness (QED) is 0.815. The number of rotatable bonds is 5. The van der Waals surface area contributed by atoms with E-state index in [-0.39, 0.29) is 18.6 Å². The van der Waals surface area contributed by atoms with Crippen molar-refractivity contribution in [2.45, 2.75) is 49.5 Å². The molecule has 2 atom stereocenters. The fourth-order valence-electron chi connectivity index (χ4n) is 3.80. The van der Waals surface area contributed by atoms with Crippen LogP contribution in [0.25, 0.3) is 0 Å². The second-order valence-corrected chi connectivity index (χ2v) is 7.25. The maximum atomic E-state index is 13.1. The number of hydrogen-bond donors (Lipinski definition) is 2. The van der Waals surface area contributed by atoms with Crippen LogP contribution in [0, 0.1) is 0 Å². The van der Waals surface area contributed by atoms with Gasteiger partial charge in [-0.05, 0) is 37.3 Å². The van der Waals surface area contributed by atoms with Gasteiger partial charge in [0, 0.05) is 31.7 Å². The third kappa shape index (κ3) is 4.62. The SMILES string of the molecule is NC[C@H]1CC[C@@H](C(=O)NCC2(c3cccc(C(F)(F)F)c3)CCOCC2)O1. The summed E-state index contributed by atoms with van der Waals surface area (Å²) in [5, 5.41) is 2.89. The number of carbonyl (C=O) groups excluding carboxylic acids is 1. The van der Waals surface area contributed by atoms with Crippen LogP contribution < -0.4 is 11.1 Å². The number of ether oxygens (including phenoxy) is 2. The van der Waals surface area contributed by atoms with Gasteiger partial charge in [-0.25, -0.2) is 0 Å². The smallest absolute Gasteiger partial charge is 0.381 e. The van der Waals surface area contributed by atoms with Crippen LogP contribution in [0.15, 0.2) is 24.3 Å². The van der Waals surface area contributed by atoms with E-state index in [4.69, 9.17) is 15.2 Å². The molecule has 150 valence electrons. The number of nitrogens with two attached hydrogens (primary N) is 1. The van der Waals surface area contributed by atoms with Gasteiger partial charge in [0.25, 0.3) is 0 Å². The number of nitrogens with one attached hydrogen (secondary N) is 1. The first-order valence-electron chi connectivity index (χ1n) is 9.23. The Bertz CT molecular complexity index is 660. The van der Waals surface area contributed by atoms with E-state index in [2.05, 4.69) is 5.32 Å². The molecule has 2 aliphatic rings. The largest absolute Gasteiger partial charge is 0.416 e. The average molecular weight is 386 g/mol. The van der Waals surface area contributed by atoms with Gasteiger partial charge in [0.05, 0.1) is 11.7 Å². The molecular weight excluding hydrogens is 361 g/mol. The predicted molar refractivity (Wildman–Crippen MR) is 93.1 cm³/mol. The molecule has 2 saturated heterocycles. The van der Waals surface area contributed by atoms with E-state index >= 15 is 0 Å². The summed E-state index contributed by atoms with van der Waals surface area (Å²) >= 11 is 0. The molecule has 2 heterocycles. The van der Waals surface area contributed by atoms with Gasteiger partial charge in [-0.3, -0.25) is 4.79 Å². The van der Waals surface area contributed by atoms with Gasteiger partial charge < -0.3 is 20.5 Å². The lowest BCUT2D eigenvalue weighted by molar-refractivity contribution is -0.137. The van der Waals surface area contributed by atoms with Crippen molar-refractivity contribution in [1.82, 2.24) is 5.32 Å². The van der Waals surface area contributed by atoms with Crippen LogP contribution in [0.4, 0.5) is 13.2 Å². The molecule has 8 heteroatoms. The summed E-state index contributed by atoms with van der Waals surface area (Å²) in [5.41, 5.74) is 4.89. The van der Waals surface area contributed by atoms with Crippen LogP contribution in [-0.2, 0) is 25.9 Å². The number of halogens is 3. The summed E-state index contributed by atoms with van der Waals surface area (Å²) in [5.74, 6) is -0.233. The van der Waals surface area contributed by atoms with Crippen molar-refractivity contribution >= 4 is 5.91 Å². The highest BCUT2D eigenvalue weighted by molar-refractivity contribution is 5.81. The van der Waals surface area contributed by atoms with Gasteiger partial charge in [-0.1, -0.05) is 18.2 Å². The van der Waals surface area contributed by atoms with Crippen molar-refractivity contribution in [3.05, 3.63) is 35.4 Å². The fraction of sp³-hybridized carbons (Fsp3) is 0.632. The Morgan fingerprint density at radius 3 is 2.63 bits per heavy atom. The molecule has 0 unspecified atom stereocenters. The van der Waals surface area contributed by atoms with Gasteiger partial charge in [0.2, 0.25) is 5.91 Å². The molecule has 0 aromatic heterocycles. The first kappa shape index (κ1) is 20.1. The summed E-state index contributed by atoms with van der Waals surface area (Å²) < 4.78 is 50.4. The van der Waals surface area contributed by atoms with Crippen LogP contribution in [0.3, 0.4) is 0 Å². The molecule has 2 fully saturated rings. The van der Waals surface area contributed by atoms with Gasteiger partial charge >= 0.3 is 6.18 Å². The highest BCUT2D eigenvalue weighted by Gasteiger charge is 2.39. The van der Waals surface area contributed by atoms with Gasteiger partial charge in [0.1, 0.15) is 6.10 Å². The molecule has 5 nitrogen and oxygen atoms in total. The maximum absolute atomic E-state index is 13.1.